The Bertz CT molecular complexity index is 709. The van der Waals surface area contributed by atoms with Gasteiger partial charge in [-0.2, -0.15) is 0 Å². The standard InChI is InChI=1S/C23H32N4/c1-20-7-2-3-8-21(20)19-25-15-10-22(11-16-25)26-13-6-14-27(18-17-26)23-9-4-5-12-24-23/h2-5,7-9,12,22H,6,10-11,13-19H2,1H3. The van der Waals surface area contributed by atoms with Crippen LogP contribution in [0, 0.1) is 6.92 Å². The molecule has 0 unspecified atom stereocenters. The lowest BCUT2D eigenvalue weighted by Crippen LogP contribution is -2.46. The maximum Gasteiger partial charge on any atom is 0.128 e. The van der Waals surface area contributed by atoms with E-state index in [1.807, 2.05) is 12.3 Å². The summed E-state index contributed by atoms with van der Waals surface area (Å²) in [7, 11) is 0. The third kappa shape index (κ3) is 4.69. The number of pyridine rings is 1. The molecule has 1 aromatic carbocycles. The zero-order chi connectivity index (χ0) is 18.5. The molecule has 0 spiro atoms. The van der Waals surface area contributed by atoms with Gasteiger partial charge in [0.2, 0.25) is 0 Å². The van der Waals surface area contributed by atoms with Crippen molar-refractivity contribution in [3.05, 3.63) is 59.8 Å². The molecule has 2 aliphatic rings. The number of anilines is 1. The Hall–Kier alpha value is -1.91. The molecular weight excluding hydrogens is 332 g/mol. The van der Waals surface area contributed by atoms with Crippen LogP contribution in [0.5, 0.6) is 0 Å². The van der Waals surface area contributed by atoms with Crippen LogP contribution in [-0.2, 0) is 6.54 Å². The van der Waals surface area contributed by atoms with E-state index < -0.39 is 0 Å². The van der Waals surface area contributed by atoms with E-state index in [1.165, 1.54) is 56.6 Å². The molecule has 0 bridgehead atoms. The fourth-order valence-electron chi connectivity index (χ4n) is 4.54. The molecular formula is C23H32N4. The van der Waals surface area contributed by atoms with Gasteiger partial charge in [0.15, 0.2) is 0 Å². The molecule has 0 amide bonds. The van der Waals surface area contributed by atoms with Crippen molar-refractivity contribution in [1.82, 2.24) is 14.8 Å². The van der Waals surface area contributed by atoms with Gasteiger partial charge in [0.1, 0.15) is 5.82 Å². The van der Waals surface area contributed by atoms with Crippen molar-refractivity contribution < 1.29 is 0 Å². The lowest BCUT2D eigenvalue weighted by Gasteiger charge is -2.38. The van der Waals surface area contributed by atoms with Crippen LogP contribution in [0.3, 0.4) is 0 Å². The summed E-state index contributed by atoms with van der Waals surface area (Å²) < 4.78 is 0. The first kappa shape index (κ1) is 18.5. The van der Waals surface area contributed by atoms with Crippen LogP contribution >= 0.6 is 0 Å². The summed E-state index contributed by atoms with van der Waals surface area (Å²) in [5.41, 5.74) is 2.90. The second kappa shape index (κ2) is 8.85. The molecule has 0 saturated carbocycles. The topological polar surface area (TPSA) is 22.6 Å². The van der Waals surface area contributed by atoms with Gasteiger partial charge in [-0.15, -0.1) is 0 Å². The minimum Gasteiger partial charge on any atom is -0.355 e. The van der Waals surface area contributed by atoms with Crippen LogP contribution in [0.4, 0.5) is 5.82 Å². The first-order valence-corrected chi connectivity index (χ1v) is 10.5. The zero-order valence-corrected chi connectivity index (χ0v) is 16.6. The number of aryl methyl sites for hydroxylation is 1. The van der Waals surface area contributed by atoms with Crippen LogP contribution < -0.4 is 4.90 Å². The Balaban J connectivity index is 1.28. The Morgan fingerprint density at radius 1 is 0.889 bits per heavy atom. The largest absolute Gasteiger partial charge is 0.355 e. The number of hydrogen-bond donors (Lipinski definition) is 0. The van der Waals surface area contributed by atoms with Crippen molar-refractivity contribution in [3.63, 3.8) is 0 Å². The van der Waals surface area contributed by atoms with Gasteiger partial charge in [-0.25, -0.2) is 4.98 Å². The number of nitrogens with zero attached hydrogens (tertiary/aromatic N) is 4. The lowest BCUT2D eigenvalue weighted by molar-refractivity contribution is 0.110. The highest BCUT2D eigenvalue weighted by molar-refractivity contribution is 5.37. The lowest BCUT2D eigenvalue weighted by atomic mass is 10.0. The minimum atomic E-state index is 0.752. The average molecular weight is 365 g/mol. The molecule has 4 rings (SSSR count). The molecule has 144 valence electrons. The maximum absolute atomic E-state index is 4.54. The number of hydrogen-bond acceptors (Lipinski definition) is 4. The van der Waals surface area contributed by atoms with Gasteiger partial charge in [0.25, 0.3) is 0 Å². The van der Waals surface area contributed by atoms with Crippen molar-refractivity contribution in [2.24, 2.45) is 0 Å². The highest BCUT2D eigenvalue weighted by Crippen LogP contribution is 2.22. The minimum absolute atomic E-state index is 0.752. The molecule has 0 aliphatic carbocycles. The van der Waals surface area contributed by atoms with E-state index in [1.54, 1.807) is 0 Å². The number of piperidine rings is 1. The molecule has 2 aliphatic heterocycles. The first-order valence-electron chi connectivity index (χ1n) is 10.5. The van der Waals surface area contributed by atoms with E-state index in [2.05, 4.69) is 63.0 Å². The monoisotopic (exact) mass is 364 g/mol. The van der Waals surface area contributed by atoms with Crippen molar-refractivity contribution in [3.8, 4) is 0 Å². The van der Waals surface area contributed by atoms with Crippen LogP contribution in [0.1, 0.15) is 30.4 Å². The van der Waals surface area contributed by atoms with E-state index >= 15 is 0 Å². The molecule has 0 radical (unpaired) electrons. The molecule has 27 heavy (non-hydrogen) atoms. The zero-order valence-electron chi connectivity index (χ0n) is 16.6. The normalized spacial score (nSPS) is 20.6. The van der Waals surface area contributed by atoms with Gasteiger partial charge in [-0.05, 0) is 62.5 Å². The van der Waals surface area contributed by atoms with Gasteiger partial charge in [0.05, 0.1) is 0 Å². The van der Waals surface area contributed by atoms with E-state index in [9.17, 15) is 0 Å². The SMILES string of the molecule is Cc1ccccc1CN1CCC(N2CCCN(c3ccccn3)CC2)CC1. The second-order valence-corrected chi connectivity index (χ2v) is 8.00. The second-order valence-electron chi connectivity index (χ2n) is 8.00. The molecule has 4 heteroatoms. The molecule has 0 atom stereocenters. The van der Waals surface area contributed by atoms with Crippen molar-refractivity contribution in [1.29, 1.82) is 0 Å². The number of benzene rings is 1. The Labute approximate surface area is 163 Å². The van der Waals surface area contributed by atoms with Gasteiger partial charge < -0.3 is 4.90 Å². The summed E-state index contributed by atoms with van der Waals surface area (Å²) >= 11 is 0. The molecule has 2 fully saturated rings. The summed E-state index contributed by atoms with van der Waals surface area (Å²) in [5, 5.41) is 0. The summed E-state index contributed by atoms with van der Waals surface area (Å²) in [4.78, 5) is 12.4. The smallest absolute Gasteiger partial charge is 0.128 e. The maximum atomic E-state index is 4.54. The third-order valence-corrected chi connectivity index (χ3v) is 6.23. The quantitative estimate of drug-likeness (QED) is 0.827. The summed E-state index contributed by atoms with van der Waals surface area (Å²) in [5.74, 6) is 1.13. The van der Waals surface area contributed by atoms with Crippen molar-refractivity contribution in [2.45, 2.75) is 38.8 Å². The van der Waals surface area contributed by atoms with Gasteiger partial charge >= 0.3 is 0 Å². The number of likely N-dealkylation sites (tertiary alicyclic amines) is 1. The van der Waals surface area contributed by atoms with Crippen molar-refractivity contribution in [2.75, 3.05) is 44.2 Å². The summed E-state index contributed by atoms with van der Waals surface area (Å²) in [6, 6.07) is 15.8. The van der Waals surface area contributed by atoms with E-state index in [-0.39, 0.29) is 0 Å². The van der Waals surface area contributed by atoms with E-state index in [4.69, 9.17) is 0 Å². The van der Waals surface area contributed by atoms with E-state index in [0.717, 1.165) is 31.5 Å². The number of rotatable bonds is 4. The van der Waals surface area contributed by atoms with Gasteiger partial charge in [-0.3, -0.25) is 9.80 Å². The molecule has 4 nitrogen and oxygen atoms in total. The van der Waals surface area contributed by atoms with E-state index in [0.29, 0.717) is 0 Å². The molecule has 1 aromatic heterocycles. The van der Waals surface area contributed by atoms with Crippen LogP contribution in [-0.4, -0.2) is 60.1 Å². The van der Waals surface area contributed by atoms with Gasteiger partial charge in [0, 0.05) is 45.0 Å². The van der Waals surface area contributed by atoms with Crippen LogP contribution in [0.2, 0.25) is 0 Å². The summed E-state index contributed by atoms with van der Waals surface area (Å²) in [6.45, 7) is 10.4. The van der Waals surface area contributed by atoms with Gasteiger partial charge in [-0.1, -0.05) is 30.3 Å². The van der Waals surface area contributed by atoms with Crippen LogP contribution in [0.25, 0.3) is 0 Å². The molecule has 2 aromatic rings. The first-order chi connectivity index (χ1) is 13.3. The fraction of sp³-hybridized carbons (Fsp3) is 0.522. The molecule has 3 heterocycles. The molecule has 2 saturated heterocycles. The van der Waals surface area contributed by atoms with Crippen LogP contribution in [0.15, 0.2) is 48.7 Å². The highest BCUT2D eigenvalue weighted by atomic mass is 15.3. The Kier molecular flexibility index (Phi) is 6.05. The highest BCUT2D eigenvalue weighted by Gasteiger charge is 2.26. The predicted octanol–water partition coefficient (Wildman–Crippen LogP) is 3.57. The third-order valence-electron chi connectivity index (χ3n) is 6.23. The predicted molar refractivity (Wildman–Crippen MR) is 112 cm³/mol. The Morgan fingerprint density at radius 2 is 1.70 bits per heavy atom. The summed E-state index contributed by atoms with van der Waals surface area (Å²) in [6.07, 6.45) is 5.74. The van der Waals surface area contributed by atoms with Crippen molar-refractivity contribution >= 4 is 5.82 Å². The molecule has 0 N–H and O–H groups in total. The average Bonchev–Trinajstić information content (AvgIpc) is 2.97. The Morgan fingerprint density at radius 3 is 2.48 bits per heavy atom. The fourth-order valence-corrected chi connectivity index (χ4v) is 4.54. The number of aromatic nitrogens is 1.